The molecule has 0 spiro atoms. The van der Waals surface area contributed by atoms with Gasteiger partial charge in [0.05, 0.1) is 6.54 Å². The Bertz CT molecular complexity index is 407. The van der Waals surface area contributed by atoms with Crippen molar-refractivity contribution in [2.24, 2.45) is 4.99 Å². The van der Waals surface area contributed by atoms with Crippen LogP contribution in [0.1, 0.15) is 32.1 Å². The van der Waals surface area contributed by atoms with Crippen LogP contribution in [-0.2, 0) is 0 Å². The van der Waals surface area contributed by atoms with Gasteiger partial charge in [-0.05, 0) is 26.3 Å². The van der Waals surface area contributed by atoms with Gasteiger partial charge in [0, 0.05) is 45.3 Å². The number of aliphatic imine (C=N–C) groups is 1. The van der Waals surface area contributed by atoms with Gasteiger partial charge in [0.1, 0.15) is 0 Å². The Hall–Kier alpha value is -1.02. The van der Waals surface area contributed by atoms with Crippen LogP contribution in [0.15, 0.2) is 4.99 Å². The van der Waals surface area contributed by atoms with Gasteiger partial charge < -0.3 is 15.5 Å². The molecule has 0 amide bonds. The molecule has 0 radical (unpaired) electrons. The van der Waals surface area contributed by atoms with Crippen molar-refractivity contribution in [3.05, 3.63) is 0 Å². The summed E-state index contributed by atoms with van der Waals surface area (Å²) in [5, 5.41) is 6.51. The van der Waals surface area contributed by atoms with Crippen LogP contribution in [0.3, 0.4) is 0 Å². The van der Waals surface area contributed by atoms with Gasteiger partial charge in [0.25, 0.3) is 0 Å². The lowest BCUT2D eigenvalue weighted by Crippen LogP contribution is -2.47. The molecular formula is C16H30F3N5. The van der Waals surface area contributed by atoms with Crippen molar-refractivity contribution in [3.8, 4) is 0 Å². The molecule has 0 aromatic rings. The first-order valence-electron chi connectivity index (χ1n) is 8.84. The molecule has 140 valence electrons. The van der Waals surface area contributed by atoms with Crippen molar-refractivity contribution in [2.75, 3.05) is 46.8 Å². The summed E-state index contributed by atoms with van der Waals surface area (Å²) in [5.74, 6) is 0.675. The summed E-state index contributed by atoms with van der Waals surface area (Å²) in [6, 6.07) is 0.707. The van der Waals surface area contributed by atoms with Gasteiger partial charge in [-0.2, -0.15) is 13.2 Å². The number of likely N-dealkylation sites (tertiary alicyclic amines) is 1. The Labute approximate surface area is 142 Å². The molecule has 1 heterocycles. The van der Waals surface area contributed by atoms with E-state index in [1.54, 1.807) is 7.05 Å². The van der Waals surface area contributed by atoms with Crippen LogP contribution in [0.25, 0.3) is 0 Å². The van der Waals surface area contributed by atoms with E-state index < -0.39 is 12.7 Å². The maximum atomic E-state index is 12.4. The van der Waals surface area contributed by atoms with Crippen LogP contribution in [0.5, 0.6) is 0 Å². The van der Waals surface area contributed by atoms with Gasteiger partial charge in [-0.3, -0.25) is 9.89 Å². The van der Waals surface area contributed by atoms with Crippen molar-refractivity contribution >= 4 is 5.96 Å². The van der Waals surface area contributed by atoms with Crippen LogP contribution in [0.2, 0.25) is 0 Å². The fourth-order valence-corrected chi connectivity index (χ4v) is 3.61. The lowest BCUT2D eigenvalue weighted by atomic mass is 10.2. The van der Waals surface area contributed by atoms with E-state index in [-0.39, 0.29) is 6.04 Å². The van der Waals surface area contributed by atoms with E-state index in [0.29, 0.717) is 31.5 Å². The minimum atomic E-state index is -4.13. The van der Waals surface area contributed by atoms with Crippen molar-refractivity contribution in [3.63, 3.8) is 0 Å². The second-order valence-electron chi connectivity index (χ2n) is 6.90. The molecule has 5 nitrogen and oxygen atoms in total. The van der Waals surface area contributed by atoms with Gasteiger partial charge in [-0.1, -0.05) is 12.8 Å². The molecular weight excluding hydrogens is 319 g/mol. The Morgan fingerprint density at radius 1 is 1.25 bits per heavy atom. The van der Waals surface area contributed by atoms with Gasteiger partial charge in [-0.15, -0.1) is 0 Å². The van der Waals surface area contributed by atoms with E-state index >= 15 is 0 Å². The van der Waals surface area contributed by atoms with Crippen LogP contribution in [0.4, 0.5) is 13.2 Å². The first-order chi connectivity index (χ1) is 11.4. The third-order valence-corrected chi connectivity index (χ3v) is 4.94. The van der Waals surface area contributed by atoms with Crippen LogP contribution >= 0.6 is 0 Å². The molecule has 2 aliphatic rings. The third kappa shape index (κ3) is 6.47. The smallest absolute Gasteiger partial charge is 0.355 e. The molecule has 0 bridgehead atoms. The van der Waals surface area contributed by atoms with E-state index in [2.05, 4.69) is 27.6 Å². The molecule has 1 atom stereocenters. The minimum absolute atomic E-state index is 0.0195. The first kappa shape index (κ1) is 19.3. The van der Waals surface area contributed by atoms with E-state index in [9.17, 15) is 13.2 Å². The number of guanidine groups is 1. The molecule has 2 N–H and O–H groups in total. The Morgan fingerprint density at radius 2 is 1.96 bits per heavy atom. The average molecular weight is 349 g/mol. The number of alkyl halides is 3. The Balaban J connectivity index is 1.65. The second-order valence-corrected chi connectivity index (χ2v) is 6.90. The number of hydrogen-bond acceptors (Lipinski definition) is 3. The summed E-state index contributed by atoms with van der Waals surface area (Å²) in [6.45, 7) is 1.77. The Kier molecular flexibility index (Phi) is 7.16. The minimum Gasteiger partial charge on any atom is -0.355 e. The van der Waals surface area contributed by atoms with Crippen LogP contribution < -0.4 is 10.6 Å². The van der Waals surface area contributed by atoms with E-state index in [4.69, 9.17) is 0 Å². The van der Waals surface area contributed by atoms with Crippen molar-refractivity contribution < 1.29 is 13.2 Å². The molecule has 1 saturated carbocycles. The average Bonchev–Trinajstić information content (AvgIpc) is 3.16. The number of hydrogen-bond donors (Lipinski definition) is 2. The number of rotatable bonds is 6. The Morgan fingerprint density at radius 3 is 2.58 bits per heavy atom. The van der Waals surface area contributed by atoms with E-state index in [0.717, 1.165) is 13.1 Å². The molecule has 1 aliphatic carbocycles. The highest BCUT2D eigenvalue weighted by Gasteiger charge is 2.34. The van der Waals surface area contributed by atoms with Gasteiger partial charge in [0.15, 0.2) is 5.96 Å². The molecule has 0 aromatic heterocycles. The quantitative estimate of drug-likeness (QED) is 0.565. The van der Waals surface area contributed by atoms with Gasteiger partial charge in [0.2, 0.25) is 0 Å². The SMILES string of the molecule is CN=C(NCCN(C)C1CCCC1)NC1CCN(CC(F)(F)F)C1. The third-order valence-electron chi connectivity index (χ3n) is 4.94. The van der Waals surface area contributed by atoms with Gasteiger partial charge in [-0.25, -0.2) is 0 Å². The maximum Gasteiger partial charge on any atom is 0.401 e. The van der Waals surface area contributed by atoms with Gasteiger partial charge >= 0.3 is 6.18 Å². The normalized spacial score (nSPS) is 24.1. The number of halogens is 3. The molecule has 0 aromatic carbocycles. The predicted molar refractivity (Wildman–Crippen MR) is 90.3 cm³/mol. The first-order valence-corrected chi connectivity index (χ1v) is 8.84. The second kappa shape index (κ2) is 8.89. The van der Waals surface area contributed by atoms with Crippen LogP contribution in [0, 0.1) is 0 Å². The lowest BCUT2D eigenvalue weighted by Gasteiger charge is -2.25. The fraction of sp³-hybridized carbons (Fsp3) is 0.938. The molecule has 1 unspecified atom stereocenters. The zero-order chi connectivity index (χ0) is 17.6. The maximum absolute atomic E-state index is 12.4. The topological polar surface area (TPSA) is 42.9 Å². The lowest BCUT2D eigenvalue weighted by molar-refractivity contribution is -0.143. The summed E-state index contributed by atoms with van der Waals surface area (Å²) in [4.78, 5) is 8.01. The summed E-state index contributed by atoms with van der Waals surface area (Å²) < 4.78 is 37.3. The van der Waals surface area contributed by atoms with Crippen molar-refractivity contribution in [1.82, 2.24) is 20.4 Å². The van der Waals surface area contributed by atoms with Crippen LogP contribution in [-0.4, -0.2) is 80.8 Å². The zero-order valence-corrected chi connectivity index (χ0v) is 14.7. The summed E-state index contributed by atoms with van der Waals surface area (Å²) in [5.41, 5.74) is 0. The molecule has 1 aliphatic heterocycles. The summed E-state index contributed by atoms with van der Waals surface area (Å²) in [7, 11) is 3.85. The van der Waals surface area contributed by atoms with Crippen molar-refractivity contribution in [2.45, 2.75) is 50.4 Å². The van der Waals surface area contributed by atoms with Crippen molar-refractivity contribution in [1.29, 1.82) is 0 Å². The van der Waals surface area contributed by atoms with E-state index in [1.165, 1.54) is 30.6 Å². The largest absolute Gasteiger partial charge is 0.401 e. The molecule has 2 rings (SSSR count). The zero-order valence-electron chi connectivity index (χ0n) is 14.7. The monoisotopic (exact) mass is 349 g/mol. The molecule has 2 fully saturated rings. The standard InChI is InChI=1S/C16H30F3N5/c1-20-15(21-8-10-23(2)14-5-3-4-6-14)22-13-7-9-24(11-13)12-16(17,18)19/h13-14H,3-12H2,1-2H3,(H2,20,21,22). The molecule has 24 heavy (non-hydrogen) atoms. The summed E-state index contributed by atoms with van der Waals surface area (Å²) in [6.07, 6.45) is 1.78. The summed E-state index contributed by atoms with van der Waals surface area (Å²) >= 11 is 0. The predicted octanol–water partition coefficient (Wildman–Crippen LogP) is 1.66. The fourth-order valence-electron chi connectivity index (χ4n) is 3.61. The number of likely N-dealkylation sites (N-methyl/N-ethyl adjacent to an activating group) is 1. The molecule has 8 heteroatoms. The number of nitrogens with zero attached hydrogens (tertiary/aromatic N) is 3. The number of nitrogens with one attached hydrogen (secondary N) is 2. The molecule has 1 saturated heterocycles. The van der Waals surface area contributed by atoms with E-state index in [1.807, 2.05) is 0 Å². The highest BCUT2D eigenvalue weighted by atomic mass is 19.4. The highest BCUT2D eigenvalue weighted by Crippen LogP contribution is 2.22. The highest BCUT2D eigenvalue weighted by molar-refractivity contribution is 5.80.